The van der Waals surface area contributed by atoms with Crippen LogP contribution in [0.1, 0.15) is 31.2 Å². The molecule has 0 radical (unpaired) electrons. The lowest BCUT2D eigenvalue weighted by Crippen LogP contribution is -2.34. The van der Waals surface area contributed by atoms with Gasteiger partial charge in [-0.25, -0.2) is 0 Å². The molecule has 0 bridgehead atoms. The zero-order valence-electron chi connectivity index (χ0n) is 18.2. The fourth-order valence-electron chi connectivity index (χ4n) is 4.20. The number of nitrogens with one attached hydrogen (secondary N) is 1. The molecular formula is C25H27N5O2. The maximum atomic E-state index is 12.4. The number of likely N-dealkylation sites (tertiary alicyclic amines) is 1. The molecule has 7 heteroatoms. The minimum atomic E-state index is 0.236. The molecule has 2 aromatic rings. The highest BCUT2D eigenvalue weighted by Crippen LogP contribution is 2.33. The van der Waals surface area contributed by atoms with Crippen LogP contribution in [-0.4, -0.2) is 43.2 Å². The third kappa shape index (κ3) is 4.80. The molecular weight excluding hydrogens is 402 g/mol. The van der Waals surface area contributed by atoms with Gasteiger partial charge in [0.05, 0.1) is 11.6 Å². The number of carbonyl (C=O) groups is 2. The number of anilines is 1. The van der Waals surface area contributed by atoms with E-state index < -0.39 is 0 Å². The summed E-state index contributed by atoms with van der Waals surface area (Å²) in [6.07, 6.45) is 4.36. The molecule has 2 amide bonds. The summed E-state index contributed by atoms with van der Waals surface area (Å²) in [7, 11) is 1.72. The molecule has 2 aromatic carbocycles. The molecule has 2 fully saturated rings. The molecule has 1 atom stereocenters. The SMILES string of the molecule is CN/N=C(/CC1CCN(C(=O)C2CC2)C1)N(C=O)c1ccc(-c2ccc(C#N)cc2)cc1. The first-order valence-electron chi connectivity index (χ1n) is 11.0. The molecule has 2 aliphatic rings. The van der Waals surface area contributed by atoms with E-state index in [0.717, 1.165) is 55.6 Å². The quantitative estimate of drug-likeness (QED) is 0.316. The highest BCUT2D eigenvalue weighted by Gasteiger charge is 2.37. The van der Waals surface area contributed by atoms with Crippen LogP contribution in [0.4, 0.5) is 5.69 Å². The van der Waals surface area contributed by atoms with Crippen LogP contribution in [0.2, 0.25) is 0 Å². The van der Waals surface area contributed by atoms with Crippen molar-refractivity contribution in [2.75, 3.05) is 25.0 Å². The van der Waals surface area contributed by atoms with Crippen LogP contribution in [0, 0.1) is 23.2 Å². The Labute approximate surface area is 188 Å². The van der Waals surface area contributed by atoms with Crippen LogP contribution < -0.4 is 10.3 Å². The highest BCUT2D eigenvalue weighted by atomic mass is 16.2. The van der Waals surface area contributed by atoms with Gasteiger partial charge in [0.15, 0.2) is 0 Å². The maximum absolute atomic E-state index is 12.4. The summed E-state index contributed by atoms with van der Waals surface area (Å²) in [4.78, 5) is 27.9. The molecule has 1 N–H and O–H groups in total. The first-order chi connectivity index (χ1) is 15.6. The van der Waals surface area contributed by atoms with E-state index in [1.165, 1.54) is 0 Å². The van der Waals surface area contributed by atoms with Gasteiger partial charge in [-0.05, 0) is 60.6 Å². The number of rotatable bonds is 7. The molecule has 1 saturated carbocycles. The predicted octanol–water partition coefficient (Wildman–Crippen LogP) is 3.37. The van der Waals surface area contributed by atoms with Crippen LogP contribution in [-0.2, 0) is 9.59 Å². The fraction of sp³-hybridized carbons (Fsp3) is 0.360. The largest absolute Gasteiger partial charge is 0.342 e. The third-order valence-corrected chi connectivity index (χ3v) is 6.11. The Bertz CT molecular complexity index is 1040. The Morgan fingerprint density at radius 2 is 1.81 bits per heavy atom. The Balaban J connectivity index is 1.46. The summed E-state index contributed by atoms with van der Waals surface area (Å²) >= 11 is 0. The van der Waals surface area contributed by atoms with Crippen LogP contribution in [0.3, 0.4) is 0 Å². The van der Waals surface area contributed by atoms with Crippen molar-refractivity contribution >= 4 is 23.8 Å². The summed E-state index contributed by atoms with van der Waals surface area (Å²) in [5.41, 5.74) is 6.17. The van der Waals surface area contributed by atoms with E-state index in [1.54, 1.807) is 24.1 Å². The van der Waals surface area contributed by atoms with E-state index in [0.29, 0.717) is 17.8 Å². The fourth-order valence-corrected chi connectivity index (χ4v) is 4.20. The molecule has 32 heavy (non-hydrogen) atoms. The van der Waals surface area contributed by atoms with Crippen molar-refractivity contribution in [2.24, 2.45) is 16.9 Å². The van der Waals surface area contributed by atoms with E-state index in [9.17, 15) is 9.59 Å². The zero-order valence-corrected chi connectivity index (χ0v) is 18.2. The molecule has 1 unspecified atom stereocenters. The first-order valence-corrected chi connectivity index (χ1v) is 11.0. The van der Waals surface area contributed by atoms with Crippen LogP contribution >= 0.6 is 0 Å². The minimum absolute atomic E-state index is 0.236. The molecule has 1 aliphatic heterocycles. The monoisotopic (exact) mass is 429 g/mol. The van der Waals surface area contributed by atoms with Crippen molar-refractivity contribution in [3.05, 3.63) is 54.1 Å². The van der Waals surface area contributed by atoms with Crippen LogP contribution in [0.15, 0.2) is 53.6 Å². The van der Waals surface area contributed by atoms with Gasteiger partial charge in [0.25, 0.3) is 0 Å². The Morgan fingerprint density at radius 1 is 1.16 bits per heavy atom. The summed E-state index contributed by atoms with van der Waals surface area (Å²) in [5, 5.41) is 13.3. The van der Waals surface area contributed by atoms with Gasteiger partial charge in [-0.3, -0.25) is 14.5 Å². The summed E-state index contributed by atoms with van der Waals surface area (Å²) in [6.45, 7) is 1.51. The van der Waals surface area contributed by atoms with Gasteiger partial charge in [0, 0.05) is 38.2 Å². The van der Waals surface area contributed by atoms with E-state index in [1.807, 2.05) is 41.3 Å². The molecule has 1 saturated heterocycles. The van der Waals surface area contributed by atoms with Crippen molar-refractivity contribution in [2.45, 2.75) is 25.7 Å². The van der Waals surface area contributed by atoms with Crippen molar-refractivity contribution in [1.82, 2.24) is 10.3 Å². The van der Waals surface area contributed by atoms with E-state index in [4.69, 9.17) is 5.26 Å². The van der Waals surface area contributed by atoms with Crippen LogP contribution in [0.25, 0.3) is 11.1 Å². The second-order valence-corrected chi connectivity index (χ2v) is 8.38. The average Bonchev–Trinajstić information content (AvgIpc) is 3.58. The van der Waals surface area contributed by atoms with Gasteiger partial charge in [-0.1, -0.05) is 24.3 Å². The molecule has 1 heterocycles. The first kappa shape index (κ1) is 21.6. The summed E-state index contributed by atoms with van der Waals surface area (Å²) < 4.78 is 0. The van der Waals surface area contributed by atoms with Crippen molar-refractivity contribution in [3.8, 4) is 17.2 Å². The van der Waals surface area contributed by atoms with Gasteiger partial charge in [-0.2, -0.15) is 10.4 Å². The van der Waals surface area contributed by atoms with E-state index in [-0.39, 0.29) is 17.7 Å². The molecule has 164 valence electrons. The number of hydrazone groups is 1. The lowest BCUT2D eigenvalue weighted by Gasteiger charge is -2.22. The number of nitriles is 1. The minimum Gasteiger partial charge on any atom is -0.342 e. The standard InChI is InChI=1S/C25H27N5O2/c1-27-28-24(14-19-12-13-29(16-19)25(32)22-6-7-22)30(17-31)23-10-8-21(9-11-23)20-4-2-18(15-26)3-5-20/h2-5,8-11,17,19,22,27H,6-7,12-14,16H2,1H3/b28-24-. The molecule has 7 nitrogen and oxygen atoms in total. The normalized spacial score (nSPS) is 18.2. The lowest BCUT2D eigenvalue weighted by atomic mass is 10.0. The van der Waals surface area contributed by atoms with Crippen molar-refractivity contribution in [1.29, 1.82) is 5.26 Å². The number of carbonyl (C=O) groups excluding carboxylic acids is 2. The molecule has 4 rings (SSSR count). The van der Waals surface area contributed by atoms with E-state index >= 15 is 0 Å². The Hall–Kier alpha value is -3.66. The summed E-state index contributed by atoms with van der Waals surface area (Å²) in [5.74, 6) is 1.44. The number of nitrogens with zero attached hydrogens (tertiary/aromatic N) is 4. The summed E-state index contributed by atoms with van der Waals surface area (Å²) in [6, 6.07) is 17.2. The number of hydrogen-bond donors (Lipinski definition) is 1. The average molecular weight is 430 g/mol. The maximum Gasteiger partial charge on any atom is 0.225 e. The van der Waals surface area contributed by atoms with E-state index in [2.05, 4.69) is 16.6 Å². The highest BCUT2D eigenvalue weighted by molar-refractivity contribution is 6.10. The second kappa shape index (κ2) is 9.65. The van der Waals surface area contributed by atoms with Gasteiger partial charge in [-0.15, -0.1) is 0 Å². The number of amides is 2. The van der Waals surface area contributed by atoms with Crippen molar-refractivity contribution < 1.29 is 9.59 Å². The number of hydrogen-bond acceptors (Lipinski definition) is 5. The third-order valence-electron chi connectivity index (χ3n) is 6.11. The zero-order chi connectivity index (χ0) is 22.5. The van der Waals surface area contributed by atoms with Crippen molar-refractivity contribution in [3.63, 3.8) is 0 Å². The number of benzene rings is 2. The van der Waals surface area contributed by atoms with Gasteiger partial charge < -0.3 is 10.3 Å². The molecule has 0 aromatic heterocycles. The second-order valence-electron chi connectivity index (χ2n) is 8.38. The smallest absolute Gasteiger partial charge is 0.225 e. The molecule has 0 spiro atoms. The predicted molar refractivity (Wildman–Crippen MR) is 124 cm³/mol. The van der Waals surface area contributed by atoms with Crippen LogP contribution in [0.5, 0.6) is 0 Å². The Morgan fingerprint density at radius 3 is 2.38 bits per heavy atom. The lowest BCUT2D eigenvalue weighted by molar-refractivity contribution is -0.131. The topological polar surface area (TPSA) is 88.8 Å². The molecule has 1 aliphatic carbocycles. The van der Waals surface area contributed by atoms with Gasteiger partial charge >= 0.3 is 0 Å². The van der Waals surface area contributed by atoms with Gasteiger partial charge in [0.1, 0.15) is 5.84 Å². The number of amidine groups is 1. The Kier molecular flexibility index (Phi) is 6.50. The van der Waals surface area contributed by atoms with Gasteiger partial charge in [0.2, 0.25) is 12.3 Å².